The zero-order chi connectivity index (χ0) is 31.3. The first-order valence-electron chi connectivity index (χ1n) is 13.8. The second-order valence-electron chi connectivity index (χ2n) is 11.6. The highest BCUT2D eigenvalue weighted by Crippen LogP contribution is 2.41. The Morgan fingerprint density at radius 2 is 1.31 bits per heavy atom. The summed E-state index contributed by atoms with van der Waals surface area (Å²) >= 11 is 12.3. The van der Waals surface area contributed by atoms with Gasteiger partial charge in [0, 0.05) is 17.2 Å². The lowest BCUT2D eigenvalue weighted by atomic mass is 9.83. The van der Waals surface area contributed by atoms with Gasteiger partial charge in [-0.25, -0.2) is 0 Å². The van der Waals surface area contributed by atoms with E-state index in [0.717, 1.165) is 43.2 Å². The highest BCUT2D eigenvalue weighted by Gasteiger charge is 2.63. The second-order valence-corrected chi connectivity index (χ2v) is 16.9. The van der Waals surface area contributed by atoms with E-state index < -0.39 is 31.9 Å². The first kappa shape index (κ1) is 34.4. The maximum absolute atomic E-state index is 14.1. The maximum atomic E-state index is 14.1. The van der Waals surface area contributed by atoms with Crippen molar-refractivity contribution in [2.24, 2.45) is 0 Å². The molecule has 3 aromatic rings. The lowest BCUT2D eigenvalue weighted by molar-refractivity contribution is -0.371. The molecule has 0 aliphatic carbocycles. The van der Waals surface area contributed by atoms with Crippen molar-refractivity contribution in [2.75, 3.05) is 20.7 Å². The van der Waals surface area contributed by atoms with Gasteiger partial charge in [0.15, 0.2) is 14.4 Å². The van der Waals surface area contributed by atoms with Crippen LogP contribution >= 0.6 is 23.2 Å². The van der Waals surface area contributed by atoms with Crippen LogP contribution in [0.2, 0.25) is 29.7 Å². The molecule has 10 heteroatoms. The fourth-order valence-corrected chi connectivity index (χ4v) is 6.59. The topological polar surface area (TPSA) is 30.9 Å². The molecule has 0 radical (unpaired) electrons. The summed E-state index contributed by atoms with van der Waals surface area (Å²) in [6.45, 7) is 9.32. The normalized spacial score (nSPS) is 15.0. The third-order valence-electron chi connectivity index (χ3n) is 7.46. The van der Waals surface area contributed by atoms with Gasteiger partial charge < -0.3 is 13.9 Å². The second kappa shape index (κ2) is 13.7. The fourth-order valence-electron chi connectivity index (χ4n) is 5.07. The van der Waals surface area contributed by atoms with Crippen molar-refractivity contribution in [1.29, 1.82) is 0 Å². The molecule has 0 aromatic heterocycles. The van der Waals surface area contributed by atoms with Crippen LogP contribution in [0.3, 0.4) is 0 Å². The van der Waals surface area contributed by atoms with Crippen LogP contribution in [0.5, 0.6) is 5.75 Å². The van der Waals surface area contributed by atoms with Gasteiger partial charge in [-0.15, -0.1) is 0 Å². The number of ether oxygens (including phenoxy) is 2. The van der Waals surface area contributed by atoms with Crippen molar-refractivity contribution in [2.45, 2.75) is 69.9 Å². The van der Waals surface area contributed by atoms with Gasteiger partial charge in [-0.2, -0.15) is 13.2 Å². The van der Waals surface area contributed by atoms with Crippen molar-refractivity contribution < 1.29 is 27.1 Å². The van der Waals surface area contributed by atoms with Gasteiger partial charge in [-0.05, 0) is 113 Å². The highest BCUT2D eigenvalue weighted by atomic mass is 35.5. The number of rotatable bonds is 13. The summed E-state index contributed by atoms with van der Waals surface area (Å²) < 4.78 is 58.6. The average Bonchev–Trinajstić information content (AvgIpc) is 2.91. The van der Waals surface area contributed by atoms with E-state index in [9.17, 15) is 13.2 Å². The third kappa shape index (κ3) is 8.10. The third-order valence-corrected chi connectivity index (χ3v) is 8.88. The Labute approximate surface area is 258 Å². The number of hydrogen-bond donors (Lipinski definition) is 0. The molecule has 0 spiro atoms. The first-order chi connectivity index (χ1) is 19.5. The summed E-state index contributed by atoms with van der Waals surface area (Å²) in [5.41, 5.74) is 2.84. The van der Waals surface area contributed by atoms with E-state index in [1.807, 2.05) is 60.7 Å². The molecule has 0 N–H and O–H groups in total. The number of benzene rings is 3. The Hall–Kier alpha value is -2.07. The zero-order valence-electron chi connectivity index (χ0n) is 25.2. The van der Waals surface area contributed by atoms with Crippen LogP contribution in [-0.2, 0) is 21.1 Å². The monoisotopic (exact) mass is 641 g/mol. The number of halogens is 5. The minimum Gasteiger partial charge on any atom is -0.485 e. The van der Waals surface area contributed by atoms with Crippen LogP contribution < -0.4 is 4.74 Å². The van der Waals surface area contributed by atoms with Crippen molar-refractivity contribution in [1.82, 2.24) is 4.90 Å². The number of nitrogens with zero attached hydrogens (tertiary/aromatic N) is 1. The van der Waals surface area contributed by atoms with Crippen LogP contribution in [0.15, 0.2) is 72.8 Å². The Morgan fingerprint density at radius 1 is 0.833 bits per heavy atom. The van der Waals surface area contributed by atoms with Crippen LogP contribution in [0.25, 0.3) is 0 Å². The predicted octanol–water partition coefficient (Wildman–Crippen LogP) is 9.35. The van der Waals surface area contributed by atoms with Gasteiger partial charge in [0.2, 0.25) is 0 Å². The molecule has 42 heavy (non-hydrogen) atoms. The fraction of sp³-hybridized carbons (Fsp3) is 0.438. The molecule has 0 saturated heterocycles. The average molecular weight is 643 g/mol. The Morgan fingerprint density at radius 3 is 1.71 bits per heavy atom. The van der Waals surface area contributed by atoms with Gasteiger partial charge in [0.1, 0.15) is 5.75 Å². The minimum absolute atomic E-state index is 0.311. The SMILES string of the molecule is COC(O[Si](C)(C)C)(C(C)Oc1ccc(CCCN(C)C(C)(c2ccc(Cl)cc2)c2ccc(Cl)cc2)cc1)C(F)(F)F. The van der Waals surface area contributed by atoms with Gasteiger partial charge in [-0.1, -0.05) is 59.6 Å². The molecule has 2 unspecified atom stereocenters. The number of alkyl halides is 3. The zero-order valence-corrected chi connectivity index (χ0v) is 27.7. The van der Waals surface area contributed by atoms with Crippen molar-refractivity contribution in [3.8, 4) is 5.75 Å². The summed E-state index contributed by atoms with van der Waals surface area (Å²) in [6, 6.07) is 22.9. The number of hydrogen-bond acceptors (Lipinski definition) is 4. The number of aryl methyl sites for hydroxylation is 1. The molecular formula is C32H40Cl2F3NO3Si. The van der Waals surface area contributed by atoms with Crippen molar-refractivity contribution in [3.05, 3.63) is 99.5 Å². The lowest BCUT2D eigenvalue weighted by Gasteiger charge is -2.42. The molecule has 0 saturated carbocycles. The molecule has 230 valence electrons. The Bertz CT molecular complexity index is 1240. The smallest absolute Gasteiger partial charge is 0.446 e. The van der Waals surface area contributed by atoms with E-state index in [1.165, 1.54) is 6.92 Å². The van der Waals surface area contributed by atoms with Crippen molar-refractivity contribution >= 4 is 31.5 Å². The quantitative estimate of drug-likeness (QED) is 0.137. The van der Waals surface area contributed by atoms with E-state index in [0.29, 0.717) is 15.8 Å². The van der Waals surface area contributed by atoms with E-state index in [1.54, 1.807) is 31.8 Å². The molecule has 3 aromatic carbocycles. The van der Waals surface area contributed by atoms with Gasteiger partial charge in [0.05, 0.1) is 5.54 Å². The summed E-state index contributed by atoms with van der Waals surface area (Å²) in [7, 11) is 0.449. The molecular weight excluding hydrogens is 602 g/mol. The van der Waals surface area contributed by atoms with E-state index in [-0.39, 0.29) is 0 Å². The molecule has 0 fully saturated rings. The minimum atomic E-state index is -4.78. The predicted molar refractivity (Wildman–Crippen MR) is 167 cm³/mol. The van der Waals surface area contributed by atoms with E-state index in [4.69, 9.17) is 37.1 Å². The molecule has 4 nitrogen and oxygen atoms in total. The summed E-state index contributed by atoms with van der Waals surface area (Å²) in [5, 5.41) is 1.35. The molecule has 0 bridgehead atoms. The van der Waals surface area contributed by atoms with Crippen LogP contribution in [-0.4, -0.2) is 52.0 Å². The maximum Gasteiger partial charge on any atom is 0.446 e. The molecule has 3 rings (SSSR count). The molecule has 0 heterocycles. The van der Waals surface area contributed by atoms with Crippen LogP contribution in [0.4, 0.5) is 13.2 Å². The van der Waals surface area contributed by atoms with Crippen LogP contribution in [0, 0.1) is 0 Å². The largest absolute Gasteiger partial charge is 0.485 e. The lowest BCUT2D eigenvalue weighted by Crippen LogP contribution is -2.62. The summed E-state index contributed by atoms with van der Waals surface area (Å²) in [5.74, 6) is -2.55. The summed E-state index contributed by atoms with van der Waals surface area (Å²) in [6.07, 6.45) is -4.57. The molecule has 0 aliphatic heterocycles. The molecule has 2 atom stereocenters. The van der Waals surface area contributed by atoms with Crippen molar-refractivity contribution in [3.63, 3.8) is 0 Å². The standard InChI is InChI=1S/C32H40Cl2F3NO3Si/c1-23(31(39-4,32(35,36)37)41-42(5,6)7)40-29-20-10-24(11-21-29)9-8-22-38(3)30(2,25-12-16-27(33)17-13-25)26-14-18-28(34)19-15-26/h10-21,23H,8-9,22H2,1-7H3. The first-order valence-corrected chi connectivity index (χ1v) is 18.0. The van der Waals surface area contributed by atoms with E-state index >= 15 is 0 Å². The van der Waals surface area contributed by atoms with Gasteiger partial charge >= 0.3 is 6.18 Å². The van der Waals surface area contributed by atoms with Gasteiger partial charge in [0.25, 0.3) is 5.79 Å². The highest BCUT2D eigenvalue weighted by molar-refractivity contribution is 6.69. The Balaban J connectivity index is 1.70. The summed E-state index contributed by atoms with van der Waals surface area (Å²) in [4.78, 5) is 2.30. The Kier molecular flexibility index (Phi) is 11.2. The molecule has 0 amide bonds. The number of methoxy groups -OCH3 is 1. The van der Waals surface area contributed by atoms with Crippen LogP contribution in [0.1, 0.15) is 37.0 Å². The van der Waals surface area contributed by atoms with E-state index in [2.05, 4.69) is 18.9 Å². The van der Waals surface area contributed by atoms with Gasteiger partial charge in [-0.3, -0.25) is 4.90 Å². The molecule has 0 aliphatic rings.